The minimum absolute atomic E-state index is 0.0528. The van der Waals surface area contributed by atoms with Crippen molar-refractivity contribution < 1.29 is 14.3 Å². The van der Waals surface area contributed by atoms with Crippen LogP contribution in [0.3, 0.4) is 0 Å². The third-order valence-corrected chi connectivity index (χ3v) is 3.80. The molecular formula is C16H23NO3. The molecule has 2 rings (SSSR count). The lowest BCUT2D eigenvalue weighted by atomic mass is 9.95. The van der Waals surface area contributed by atoms with Crippen LogP contribution in [0.5, 0.6) is 0 Å². The number of carbonyl (C=O) groups is 1. The topological polar surface area (TPSA) is 61.5 Å². The average molecular weight is 277 g/mol. The van der Waals surface area contributed by atoms with E-state index in [1.54, 1.807) is 7.11 Å². The van der Waals surface area contributed by atoms with E-state index >= 15 is 0 Å². The van der Waals surface area contributed by atoms with Crippen molar-refractivity contribution in [3.05, 3.63) is 35.9 Å². The van der Waals surface area contributed by atoms with Gasteiger partial charge in [-0.2, -0.15) is 0 Å². The van der Waals surface area contributed by atoms with Crippen LogP contribution in [0, 0.1) is 0 Å². The minimum Gasteiger partial charge on any atom is -0.461 e. The van der Waals surface area contributed by atoms with E-state index in [4.69, 9.17) is 15.2 Å². The van der Waals surface area contributed by atoms with Gasteiger partial charge in [-0.15, -0.1) is 0 Å². The van der Waals surface area contributed by atoms with Crippen molar-refractivity contribution in [2.45, 2.75) is 50.4 Å². The number of ether oxygens (including phenoxy) is 2. The molecular weight excluding hydrogens is 254 g/mol. The summed E-state index contributed by atoms with van der Waals surface area (Å²) in [5, 5.41) is 0. The lowest BCUT2D eigenvalue weighted by molar-refractivity contribution is -0.154. The Morgan fingerprint density at radius 1 is 1.30 bits per heavy atom. The van der Waals surface area contributed by atoms with Crippen LogP contribution in [-0.4, -0.2) is 31.3 Å². The van der Waals surface area contributed by atoms with Crippen molar-refractivity contribution in [2.75, 3.05) is 7.11 Å². The molecule has 1 aliphatic carbocycles. The summed E-state index contributed by atoms with van der Waals surface area (Å²) in [4.78, 5) is 12.0. The molecule has 4 heteroatoms. The number of benzene rings is 1. The number of esters is 1. The van der Waals surface area contributed by atoms with Gasteiger partial charge in [-0.25, -0.2) is 0 Å². The van der Waals surface area contributed by atoms with Gasteiger partial charge in [-0.05, 0) is 31.2 Å². The summed E-state index contributed by atoms with van der Waals surface area (Å²) in [6.07, 6.45) is 4.42. The molecule has 0 aliphatic heterocycles. The van der Waals surface area contributed by atoms with E-state index in [1.165, 1.54) is 0 Å². The Kier molecular flexibility index (Phi) is 5.56. The number of carbonyl (C=O) groups excluding carboxylic acids is 1. The molecule has 0 spiro atoms. The first kappa shape index (κ1) is 15.0. The molecule has 0 radical (unpaired) electrons. The van der Waals surface area contributed by atoms with Crippen molar-refractivity contribution in [2.24, 2.45) is 5.73 Å². The molecule has 20 heavy (non-hydrogen) atoms. The summed E-state index contributed by atoms with van der Waals surface area (Å²) in [7, 11) is 1.70. The van der Waals surface area contributed by atoms with Crippen LogP contribution in [0.2, 0.25) is 0 Å². The van der Waals surface area contributed by atoms with Crippen LogP contribution in [0.25, 0.3) is 0 Å². The number of nitrogens with two attached hydrogens (primary N) is 1. The second-order valence-corrected chi connectivity index (χ2v) is 5.38. The summed E-state index contributed by atoms with van der Waals surface area (Å²) in [6, 6.07) is 9.17. The predicted octanol–water partition coefficient (Wildman–Crippen LogP) is 2.06. The normalized spacial score (nSPS) is 24.1. The highest BCUT2D eigenvalue weighted by atomic mass is 16.5. The first-order chi connectivity index (χ1) is 9.69. The van der Waals surface area contributed by atoms with Crippen LogP contribution in [0.1, 0.15) is 31.2 Å². The molecule has 2 N–H and O–H groups in total. The maximum atomic E-state index is 12.0. The highest BCUT2D eigenvalue weighted by Crippen LogP contribution is 2.23. The molecule has 110 valence electrons. The Hall–Kier alpha value is -1.39. The molecule has 4 nitrogen and oxygen atoms in total. The highest BCUT2D eigenvalue weighted by molar-refractivity contribution is 5.76. The molecule has 3 unspecified atom stereocenters. The average Bonchev–Trinajstić information content (AvgIpc) is 2.48. The minimum atomic E-state index is -0.597. The molecule has 1 fully saturated rings. The number of methoxy groups -OCH3 is 1. The third kappa shape index (κ3) is 4.32. The lowest BCUT2D eigenvalue weighted by Gasteiger charge is -2.28. The van der Waals surface area contributed by atoms with Crippen LogP contribution in [-0.2, 0) is 20.7 Å². The van der Waals surface area contributed by atoms with Gasteiger partial charge in [0.1, 0.15) is 12.1 Å². The molecule has 0 heterocycles. The molecule has 1 saturated carbocycles. The molecule has 0 aromatic heterocycles. The van der Waals surface area contributed by atoms with Gasteiger partial charge in [0.05, 0.1) is 6.10 Å². The molecule has 3 atom stereocenters. The maximum Gasteiger partial charge on any atom is 0.323 e. The van der Waals surface area contributed by atoms with Gasteiger partial charge >= 0.3 is 5.97 Å². The van der Waals surface area contributed by atoms with Crippen molar-refractivity contribution in [3.8, 4) is 0 Å². The molecule has 0 saturated heterocycles. The molecule has 1 aliphatic rings. The number of rotatable bonds is 5. The van der Waals surface area contributed by atoms with Crippen molar-refractivity contribution >= 4 is 5.97 Å². The second-order valence-electron chi connectivity index (χ2n) is 5.38. The Morgan fingerprint density at radius 2 is 2.00 bits per heavy atom. The van der Waals surface area contributed by atoms with Gasteiger partial charge in [-0.1, -0.05) is 30.3 Å². The molecule has 0 amide bonds. The maximum absolute atomic E-state index is 12.0. The summed E-state index contributed by atoms with van der Waals surface area (Å²) in [5.41, 5.74) is 6.98. The Balaban J connectivity index is 1.81. The van der Waals surface area contributed by atoms with Gasteiger partial charge in [-0.3, -0.25) is 4.79 Å². The van der Waals surface area contributed by atoms with Gasteiger partial charge in [0.2, 0.25) is 0 Å². The summed E-state index contributed by atoms with van der Waals surface area (Å²) >= 11 is 0. The Labute approximate surface area is 120 Å². The smallest absolute Gasteiger partial charge is 0.323 e. The highest BCUT2D eigenvalue weighted by Gasteiger charge is 2.26. The standard InChI is InChI=1S/C16H23NO3/c1-19-13-8-5-9-14(11-13)20-16(18)15(17)10-12-6-3-2-4-7-12/h2-4,6-7,13-15H,5,8-11,17H2,1H3. The van der Waals surface area contributed by atoms with E-state index in [1.807, 2.05) is 30.3 Å². The van der Waals surface area contributed by atoms with E-state index in [-0.39, 0.29) is 18.2 Å². The van der Waals surface area contributed by atoms with Gasteiger partial charge in [0.15, 0.2) is 0 Å². The van der Waals surface area contributed by atoms with Crippen LogP contribution in [0.4, 0.5) is 0 Å². The zero-order valence-corrected chi connectivity index (χ0v) is 12.0. The Bertz CT molecular complexity index is 421. The van der Waals surface area contributed by atoms with Gasteiger partial charge in [0, 0.05) is 13.5 Å². The zero-order chi connectivity index (χ0) is 14.4. The zero-order valence-electron chi connectivity index (χ0n) is 12.0. The van der Waals surface area contributed by atoms with Crippen LogP contribution >= 0.6 is 0 Å². The third-order valence-electron chi connectivity index (χ3n) is 3.80. The summed E-state index contributed by atoms with van der Waals surface area (Å²) < 4.78 is 10.8. The fraction of sp³-hybridized carbons (Fsp3) is 0.562. The van der Waals surface area contributed by atoms with Crippen molar-refractivity contribution in [1.29, 1.82) is 0 Å². The van der Waals surface area contributed by atoms with Crippen LogP contribution < -0.4 is 5.73 Å². The summed E-state index contributed by atoms with van der Waals surface area (Å²) in [6.45, 7) is 0. The molecule has 1 aromatic rings. The lowest BCUT2D eigenvalue weighted by Crippen LogP contribution is -2.38. The van der Waals surface area contributed by atoms with E-state index in [0.29, 0.717) is 6.42 Å². The largest absolute Gasteiger partial charge is 0.461 e. The Morgan fingerprint density at radius 3 is 2.70 bits per heavy atom. The van der Waals surface area contributed by atoms with E-state index in [9.17, 15) is 4.79 Å². The fourth-order valence-electron chi connectivity index (χ4n) is 2.63. The quantitative estimate of drug-likeness (QED) is 0.837. The monoisotopic (exact) mass is 277 g/mol. The van der Waals surface area contributed by atoms with Crippen molar-refractivity contribution in [1.82, 2.24) is 0 Å². The fourth-order valence-corrected chi connectivity index (χ4v) is 2.63. The number of hydrogen-bond acceptors (Lipinski definition) is 4. The first-order valence-electron chi connectivity index (χ1n) is 7.22. The SMILES string of the molecule is COC1CCCC(OC(=O)C(N)Cc2ccccc2)C1. The summed E-state index contributed by atoms with van der Waals surface area (Å²) in [5.74, 6) is -0.310. The number of hydrogen-bond donors (Lipinski definition) is 1. The molecule has 0 bridgehead atoms. The van der Waals surface area contributed by atoms with Gasteiger partial charge < -0.3 is 15.2 Å². The molecule has 1 aromatic carbocycles. The van der Waals surface area contributed by atoms with Crippen molar-refractivity contribution in [3.63, 3.8) is 0 Å². The van der Waals surface area contributed by atoms with E-state index in [2.05, 4.69) is 0 Å². The van der Waals surface area contributed by atoms with E-state index < -0.39 is 6.04 Å². The van der Waals surface area contributed by atoms with Crippen LogP contribution in [0.15, 0.2) is 30.3 Å². The second kappa shape index (κ2) is 7.41. The first-order valence-corrected chi connectivity index (χ1v) is 7.22. The van der Waals surface area contributed by atoms with E-state index in [0.717, 1.165) is 31.2 Å². The van der Waals surface area contributed by atoms with Gasteiger partial charge in [0.25, 0.3) is 0 Å². The predicted molar refractivity (Wildman–Crippen MR) is 77.3 cm³/mol.